The van der Waals surface area contributed by atoms with Crippen LogP contribution >= 0.6 is 0 Å². The van der Waals surface area contributed by atoms with Gasteiger partial charge in [-0.15, -0.1) is 0 Å². The quantitative estimate of drug-likeness (QED) is 0.499. The molecule has 150 valence electrons. The van der Waals surface area contributed by atoms with Crippen molar-refractivity contribution < 1.29 is 13.9 Å². The summed E-state index contributed by atoms with van der Waals surface area (Å²) in [6.45, 7) is -0.135. The van der Waals surface area contributed by atoms with E-state index in [0.717, 1.165) is 58.7 Å². The SMILES string of the molecule is O=C(COc1ccc2c3c(c(=O)oc2c1)CCCC3)Nc1cccc2ccccc12. The summed E-state index contributed by atoms with van der Waals surface area (Å²) in [6.07, 6.45) is 3.78. The molecule has 5 nitrogen and oxygen atoms in total. The van der Waals surface area contributed by atoms with Crippen LogP contribution in [0.15, 0.2) is 69.9 Å². The molecule has 4 aromatic rings. The highest BCUT2D eigenvalue weighted by Crippen LogP contribution is 2.29. The lowest BCUT2D eigenvalue weighted by Crippen LogP contribution is -2.20. The van der Waals surface area contributed by atoms with Gasteiger partial charge in [-0.3, -0.25) is 4.79 Å². The molecule has 0 spiro atoms. The van der Waals surface area contributed by atoms with Crippen LogP contribution in [0.1, 0.15) is 24.0 Å². The number of nitrogens with one attached hydrogen (secondary N) is 1. The van der Waals surface area contributed by atoms with E-state index in [0.29, 0.717) is 11.3 Å². The minimum atomic E-state index is -0.261. The van der Waals surface area contributed by atoms with Crippen LogP contribution in [0.2, 0.25) is 0 Å². The van der Waals surface area contributed by atoms with Gasteiger partial charge in [0.25, 0.3) is 5.91 Å². The molecule has 0 radical (unpaired) electrons. The van der Waals surface area contributed by atoms with E-state index in [1.165, 1.54) is 0 Å². The van der Waals surface area contributed by atoms with Crippen molar-refractivity contribution in [3.8, 4) is 5.75 Å². The third-order valence-electron chi connectivity index (χ3n) is 5.63. The van der Waals surface area contributed by atoms with Gasteiger partial charge in [-0.2, -0.15) is 0 Å². The van der Waals surface area contributed by atoms with E-state index in [9.17, 15) is 9.59 Å². The molecule has 0 aliphatic heterocycles. The van der Waals surface area contributed by atoms with Gasteiger partial charge < -0.3 is 14.5 Å². The fraction of sp³-hybridized carbons (Fsp3) is 0.200. The van der Waals surface area contributed by atoms with Crippen molar-refractivity contribution in [1.29, 1.82) is 0 Å². The Hall–Kier alpha value is -3.60. The van der Waals surface area contributed by atoms with Crippen molar-refractivity contribution in [3.05, 3.63) is 82.2 Å². The molecule has 0 bridgehead atoms. The molecule has 0 atom stereocenters. The van der Waals surface area contributed by atoms with Crippen molar-refractivity contribution >= 4 is 33.3 Å². The van der Waals surface area contributed by atoms with Gasteiger partial charge in [0, 0.05) is 28.1 Å². The normalized spacial score (nSPS) is 13.2. The molecule has 0 fully saturated rings. The van der Waals surface area contributed by atoms with Crippen LogP contribution < -0.4 is 15.7 Å². The summed E-state index contributed by atoms with van der Waals surface area (Å²) in [5.74, 6) is 0.243. The van der Waals surface area contributed by atoms with Gasteiger partial charge in [0.2, 0.25) is 0 Å². The first-order valence-corrected chi connectivity index (χ1v) is 10.2. The lowest BCUT2D eigenvalue weighted by atomic mass is 9.91. The summed E-state index contributed by atoms with van der Waals surface area (Å²) in [4.78, 5) is 24.7. The number of rotatable bonds is 4. The van der Waals surface area contributed by atoms with Gasteiger partial charge in [0.15, 0.2) is 6.61 Å². The Bertz CT molecular complexity index is 1320. The second kappa shape index (κ2) is 7.67. The largest absolute Gasteiger partial charge is 0.484 e. The average Bonchev–Trinajstić information content (AvgIpc) is 2.78. The Kier molecular flexibility index (Phi) is 4.71. The molecule has 0 saturated carbocycles. The van der Waals surface area contributed by atoms with E-state index in [2.05, 4.69) is 5.32 Å². The van der Waals surface area contributed by atoms with E-state index in [1.54, 1.807) is 6.07 Å². The number of hydrogen-bond acceptors (Lipinski definition) is 4. The number of aryl methyl sites for hydroxylation is 1. The van der Waals surface area contributed by atoms with Crippen LogP contribution in [0.5, 0.6) is 5.75 Å². The first-order valence-electron chi connectivity index (χ1n) is 10.2. The maximum atomic E-state index is 12.4. The third kappa shape index (κ3) is 3.43. The van der Waals surface area contributed by atoms with Crippen LogP contribution in [0.4, 0.5) is 5.69 Å². The lowest BCUT2D eigenvalue weighted by molar-refractivity contribution is -0.118. The molecule has 1 aliphatic rings. The van der Waals surface area contributed by atoms with Gasteiger partial charge in [0.1, 0.15) is 11.3 Å². The smallest absolute Gasteiger partial charge is 0.339 e. The summed E-state index contributed by atoms with van der Waals surface area (Å²) in [5, 5.41) is 5.90. The molecule has 3 aromatic carbocycles. The molecule has 1 aromatic heterocycles. The van der Waals surface area contributed by atoms with E-state index in [1.807, 2.05) is 54.6 Å². The summed E-state index contributed by atoms with van der Waals surface area (Å²) in [6, 6.07) is 19.1. The second-order valence-corrected chi connectivity index (χ2v) is 7.58. The van der Waals surface area contributed by atoms with Crippen LogP contribution in [0.25, 0.3) is 21.7 Å². The molecule has 0 saturated heterocycles. The number of benzene rings is 3. The summed E-state index contributed by atoms with van der Waals surface area (Å²) in [7, 11) is 0. The molecule has 30 heavy (non-hydrogen) atoms. The predicted octanol–water partition coefficient (Wildman–Crippen LogP) is 4.84. The second-order valence-electron chi connectivity index (χ2n) is 7.58. The Morgan fingerprint density at radius 2 is 1.73 bits per heavy atom. The van der Waals surface area contributed by atoms with Gasteiger partial charge >= 0.3 is 5.63 Å². The van der Waals surface area contributed by atoms with Crippen molar-refractivity contribution in [2.75, 3.05) is 11.9 Å². The molecule has 1 aliphatic carbocycles. The zero-order valence-electron chi connectivity index (χ0n) is 16.4. The highest BCUT2D eigenvalue weighted by Gasteiger charge is 2.18. The van der Waals surface area contributed by atoms with Crippen molar-refractivity contribution in [2.24, 2.45) is 0 Å². The number of fused-ring (bicyclic) bond motifs is 4. The Labute approximate surface area is 173 Å². The van der Waals surface area contributed by atoms with E-state index < -0.39 is 0 Å². The van der Waals surface area contributed by atoms with Gasteiger partial charge in [0.05, 0.1) is 0 Å². The number of ether oxygens (including phenoxy) is 1. The van der Waals surface area contributed by atoms with Crippen molar-refractivity contribution in [3.63, 3.8) is 0 Å². The topological polar surface area (TPSA) is 68.5 Å². The number of amides is 1. The fourth-order valence-electron chi connectivity index (χ4n) is 4.19. The van der Waals surface area contributed by atoms with Crippen LogP contribution in [-0.2, 0) is 17.6 Å². The highest BCUT2D eigenvalue weighted by molar-refractivity contribution is 6.02. The molecule has 1 heterocycles. The first-order chi connectivity index (χ1) is 14.7. The van der Waals surface area contributed by atoms with Gasteiger partial charge in [-0.1, -0.05) is 36.4 Å². The monoisotopic (exact) mass is 399 g/mol. The van der Waals surface area contributed by atoms with Gasteiger partial charge in [-0.05, 0) is 54.8 Å². The van der Waals surface area contributed by atoms with Crippen molar-refractivity contribution in [1.82, 2.24) is 0 Å². The minimum absolute atomic E-state index is 0.135. The maximum Gasteiger partial charge on any atom is 0.339 e. The average molecular weight is 399 g/mol. The minimum Gasteiger partial charge on any atom is -0.484 e. The van der Waals surface area contributed by atoms with Crippen LogP contribution in [0.3, 0.4) is 0 Å². The predicted molar refractivity (Wildman–Crippen MR) is 117 cm³/mol. The number of carbonyl (C=O) groups is 1. The zero-order chi connectivity index (χ0) is 20.5. The molecule has 5 heteroatoms. The Balaban J connectivity index is 1.33. The number of hydrogen-bond donors (Lipinski definition) is 1. The van der Waals surface area contributed by atoms with Crippen LogP contribution in [-0.4, -0.2) is 12.5 Å². The zero-order valence-corrected chi connectivity index (χ0v) is 16.4. The first kappa shape index (κ1) is 18.4. The van der Waals surface area contributed by atoms with E-state index in [4.69, 9.17) is 9.15 Å². The van der Waals surface area contributed by atoms with Crippen LogP contribution in [0, 0.1) is 0 Å². The molecule has 5 rings (SSSR count). The van der Waals surface area contributed by atoms with E-state index in [-0.39, 0.29) is 18.1 Å². The van der Waals surface area contributed by atoms with Gasteiger partial charge in [-0.25, -0.2) is 4.79 Å². The molecular formula is C25H21NO4. The highest BCUT2D eigenvalue weighted by atomic mass is 16.5. The molecule has 0 unspecified atom stereocenters. The third-order valence-corrected chi connectivity index (χ3v) is 5.63. The summed E-state index contributed by atoms with van der Waals surface area (Å²) in [5.41, 5.74) is 2.89. The Morgan fingerprint density at radius 3 is 2.63 bits per heavy atom. The fourth-order valence-corrected chi connectivity index (χ4v) is 4.19. The standard InChI is InChI=1S/C25H21NO4/c27-24(26-22-11-5-7-16-6-1-2-8-18(16)22)15-29-17-12-13-20-19-9-3-4-10-21(19)25(28)30-23(20)14-17/h1-2,5-8,11-14H,3-4,9-10,15H2,(H,26,27). The summed E-state index contributed by atoms with van der Waals surface area (Å²) < 4.78 is 11.2. The maximum absolute atomic E-state index is 12.4. The number of carbonyl (C=O) groups excluding carboxylic acids is 1. The number of anilines is 1. The summed E-state index contributed by atoms with van der Waals surface area (Å²) >= 11 is 0. The molecule has 1 amide bonds. The van der Waals surface area contributed by atoms with E-state index >= 15 is 0 Å². The lowest BCUT2D eigenvalue weighted by Gasteiger charge is -2.16. The van der Waals surface area contributed by atoms with Crippen molar-refractivity contribution in [2.45, 2.75) is 25.7 Å². The molecule has 1 N–H and O–H groups in total. The molecular weight excluding hydrogens is 378 g/mol. The Morgan fingerprint density at radius 1 is 0.933 bits per heavy atom.